The number of hydrogen-bond donors (Lipinski definition) is 1. The highest BCUT2D eigenvalue weighted by atomic mass is 16.4. The number of carboxylic acids is 1. The van der Waals surface area contributed by atoms with E-state index >= 15 is 0 Å². The molecule has 1 heterocycles. The normalized spacial score (nSPS) is 11.2. The molecule has 5 heteroatoms. The quantitative estimate of drug-likeness (QED) is 0.853. The number of nitrogens with zero attached hydrogens (tertiary/aromatic N) is 2. The number of rotatable bonds is 5. The number of aromatic nitrogens is 1. The van der Waals surface area contributed by atoms with Crippen LogP contribution >= 0.6 is 0 Å². The number of carbonyl (C=O) groups is 1. The third-order valence-corrected chi connectivity index (χ3v) is 2.56. The summed E-state index contributed by atoms with van der Waals surface area (Å²) in [4.78, 5) is 16.5. The van der Waals surface area contributed by atoms with Crippen molar-refractivity contribution in [3.63, 3.8) is 0 Å². The third kappa shape index (κ3) is 3.04. The van der Waals surface area contributed by atoms with Gasteiger partial charge in [0.25, 0.3) is 0 Å². The fraction of sp³-hybridized carbons (Fsp3) is 0.333. The zero-order chi connectivity index (χ0) is 12.3. The minimum atomic E-state index is -0.775. The Morgan fingerprint density at radius 2 is 2.35 bits per heavy atom. The Balaban J connectivity index is 1.99. The highest BCUT2D eigenvalue weighted by molar-refractivity contribution is 5.72. The van der Waals surface area contributed by atoms with Gasteiger partial charge in [0.15, 0.2) is 12.0 Å². The summed E-state index contributed by atoms with van der Waals surface area (Å²) in [5.74, 6) is -0.775. The second-order valence-electron chi connectivity index (χ2n) is 4.04. The van der Waals surface area contributed by atoms with E-state index in [-0.39, 0.29) is 6.42 Å². The molecule has 1 N–H and O–H groups in total. The molecule has 0 radical (unpaired) electrons. The highest BCUT2D eigenvalue weighted by Gasteiger charge is 2.05. The molecule has 0 unspecified atom stereocenters. The molecule has 0 atom stereocenters. The largest absolute Gasteiger partial charge is 0.481 e. The van der Waals surface area contributed by atoms with Crippen molar-refractivity contribution in [1.29, 1.82) is 0 Å². The van der Waals surface area contributed by atoms with Gasteiger partial charge in [-0.15, -0.1) is 0 Å². The van der Waals surface area contributed by atoms with E-state index in [9.17, 15) is 4.79 Å². The summed E-state index contributed by atoms with van der Waals surface area (Å²) >= 11 is 0. The molecule has 0 aliphatic carbocycles. The van der Waals surface area contributed by atoms with Gasteiger partial charge in [-0.05, 0) is 24.7 Å². The molecule has 0 saturated heterocycles. The number of hydrogen-bond acceptors (Lipinski definition) is 4. The smallest absolute Gasteiger partial charge is 0.304 e. The number of oxazole rings is 1. The Morgan fingerprint density at radius 3 is 3.12 bits per heavy atom. The Hall–Kier alpha value is -1.88. The summed E-state index contributed by atoms with van der Waals surface area (Å²) in [6.45, 7) is 1.23. The lowest BCUT2D eigenvalue weighted by atomic mass is 10.2. The van der Waals surface area contributed by atoms with Crippen molar-refractivity contribution in [3.8, 4) is 0 Å². The van der Waals surface area contributed by atoms with E-state index in [4.69, 9.17) is 9.52 Å². The van der Waals surface area contributed by atoms with Crippen LogP contribution in [0.25, 0.3) is 11.1 Å². The molecule has 0 amide bonds. The number of benzene rings is 1. The molecule has 0 aliphatic heterocycles. The standard InChI is InChI=1S/C12H14N2O3/c1-14(5-4-12(15)16)7-9-2-3-10-11(6-9)17-8-13-10/h2-3,6,8H,4-5,7H2,1H3,(H,15,16). The van der Waals surface area contributed by atoms with Gasteiger partial charge < -0.3 is 14.4 Å². The van der Waals surface area contributed by atoms with E-state index in [1.807, 2.05) is 30.1 Å². The van der Waals surface area contributed by atoms with Crippen molar-refractivity contribution in [2.75, 3.05) is 13.6 Å². The van der Waals surface area contributed by atoms with Gasteiger partial charge >= 0.3 is 5.97 Å². The van der Waals surface area contributed by atoms with E-state index in [1.165, 1.54) is 6.39 Å². The van der Waals surface area contributed by atoms with Gasteiger partial charge in [0, 0.05) is 13.1 Å². The maximum absolute atomic E-state index is 10.4. The van der Waals surface area contributed by atoms with Gasteiger partial charge in [-0.25, -0.2) is 4.98 Å². The average molecular weight is 234 g/mol. The first kappa shape index (κ1) is 11.6. The summed E-state index contributed by atoms with van der Waals surface area (Å²) in [5, 5.41) is 8.59. The fourth-order valence-electron chi connectivity index (χ4n) is 1.68. The zero-order valence-corrected chi connectivity index (χ0v) is 9.59. The van der Waals surface area contributed by atoms with Crippen LogP contribution in [0, 0.1) is 0 Å². The zero-order valence-electron chi connectivity index (χ0n) is 9.59. The minimum absolute atomic E-state index is 0.154. The summed E-state index contributed by atoms with van der Waals surface area (Å²) < 4.78 is 5.21. The lowest BCUT2D eigenvalue weighted by Gasteiger charge is -2.15. The van der Waals surface area contributed by atoms with Crippen LogP contribution in [-0.4, -0.2) is 34.6 Å². The first-order valence-corrected chi connectivity index (χ1v) is 5.37. The van der Waals surface area contributed by atoms with Crippen molar-refractivity contribution in [3.05, 3.63) is 30.2 Å². The second-order valence-corrected chi connectivity index (χ2v) is 4.04. The molecule has 0 bridgehead atoms. The van der Waals surface area contributed by atoms with E-state index in [0.29, 0.717) is 13.1 Å². The lowest BCUT2D eigenvalue weighted by molar-refractivity contribution is -0.137. The summed E-state index contributed by atoms with van der Waals surface area (Å²) in [6.07, 6.45) is 1.57. The van der Waals surface area contributed by atoms with E-state index in [1.54, 1.807) is 0 Å². The minimum Gasteiger partial charge on any atom is -0.481 e. The third-order valence-electron chi connectivity index (χ3n) is 2.56. The van der Waals surface area contributed by atoms with Crippen LogP contribution in [0.3, 0.4) is 0 Å². The summed E-state index contributed by atoms with van der Waals surface area (Å²) in [7, 11) is 1.90. The van der Waals surface area contributed by atoms with Gasteiger partial charge in [-0.3, -0.25) is 4.79 Å². The van der Waals surface area contributed by atoms with E-state index in [0.717, 1.165) is 16.7 Å². The topological polar surface area (TPSA) is 66.6 Å². The second kappa shape index (κ2) is 4.97. The van der Waals surface area contributed by atoms with Crippen molar-refractivity contribution in [2.24, 2.45) is 0 Å². The lowest BCUT2D eigenvalue weighted by Crippen LogP contribution is -2.21. The SMILES string of the molecule is CN(CCC(=O)O)Cc1ccc2ncoc2c1. The van der Waals surface area contributed by atoms with Gasteiger partial charge in [-0.2, -0.15) is 0 Å². The van der Waals surface area contributed by atoms with Crippen molar-refractivity contribution in [2.45, 2.75) is 13.0 Å². The predicted octanol–water partition coefficient (Wildman–Crippen LogP) is 1.73. The Bertz CT molecular complexity index is 521. The Kier molecular flexibility index (Phi) is 3.39. The van der Waals surface area contributed by atoms with Crippen LogP contribution in [0.4, 0.5) is 0 Å². The molecule has 0 aliphatic rings. The maximum atomic E-state index is 10.4. The molecule has 5 nitrogen and oxygen atoms in total. The highest BCUT2D eigenvalue weighted by Crippen LogP contribution is 2.15. The van der Waals surface area contributed by atoms with Gasteiger partial charge in [0.05, 0.1) is 6.42 Å². The first-order valence-electron chi connectivity index (χ1n) is 5.37. The monoisotopic (exact) mass is 234 g/mol. The maximum Gasteiger partial charge on any atom is 0.304 e. The summed E-state index contributed by atoms with van der Waals surface area (Å²) in [6, 6.07) is 5.81. The van der Waals surface area contributed by atoms with Crippen molar-refractivity contribution >= 4 is 17.1 Å². The molecule has 0 saturated carbocycles. The Morgan fingerprint density at radius 1 is 1.53 bits per heavy atom. The van der Waals surface area contributed by atoms with Crippen molar-refractivity contribution in [1.82, 2.24) is 9.88 Å². The molecule has 0 spiro atoms. The molecular weight excluding hydrogens is 220 g/mol. The van der Waals surface area contributed by atoms with Crippen LogP contribution in [0.15, 0.2) is 29.0 Å². The molecule has 1 aromatic heterocycles. The molecule has 2 aromatic rings. The fourth-order valence-corrected chi connectivity index (χ4v) is 1.68. The van der Waals surface area contributed by atoms with Gasteiger partial charge in [-0.1, -0.05) is 6.07 Å². The Labute approximate surface area is 98.7 Å². The van der Waals surface area contributed by atoms with Crippen LogP contribution < -0.4 is 0 Å². The first-order chi connectivity index (χ1) is 8.15. The van der Waals surface area contributed by atoms with E-state index in [2.05, 4.69) is 4.98 Å². The molecular formula is C12H14N2O3. The van der Waals surface area contributed by atoms with E-state index < -0.39 is 5.97 Å². The molecule has 0 fully saturated rings. The van der Waals surface area contributed by atoms with Crippen LogP contribution in [-0.2, 0) is 11.3 Å². The van der Waals surface area contributed by atoms with Crippen LogP contribution in [0.1, 0.15) is 12.0 Å². The van der Waals surface area contributed by atoms with Crippen LogP contribution in [0.2, 0.25) is 0 Å². The van der Waals surface area contributed by atoms with Crippen LogP contribution in [0.5, 0.6) is 0 Å². The van der Waals surface area contributed by atoms with Gasteiger partial charge in [0.1, 0.15) is 5.52 Å². The predicted molar refractivity (Wildman–Crippen MR) is 62.6 cm³/mol. The average Bonchev–Trinajstić information content (AvgIpc) is 2.73. The molecule has 90 valence electrons. The van der Waals surface area contributed by atoms with Gasteiger partial charge in [0.2, 0.25) is 0 Å². The summed E-state index contributed by atoms with van der Waals surface area (Å²) in [5.41, 5.74) is 2.68. The molecule has 2 rings (SSSR count). The van der Waals surface area contributed by atoms with Crippen molar-refractivity contribution < 1.29 is 14.3 Å². The number of aliphatic carboxylic acids is 1. The molecule has 1 aromatic carbocycles. The molecule has 17 heavy (non-hydrogen) atoms. The number of carboxylic acid groups (broad SMARTS) is 1. The number of fused-ring (bicyclic) bond motifs is 1.